The molecular formula is C26H26N2O5S. The summed E-state index contributed by atoms with van der Waals surface area (Å²) in [6, 6.07) is 22.4. The maximum Gasteiger partial charge on any atom is 0.252 e. The Hall–Kier alpha value is -3.62. The number of rotatable bonds is 8. The first-order valence-corrected chi connectivity index (χ1v) is 12.3. The molecule has 1 unspecified atom stereocenters. The molecule has 7 nitrogen and oxygen atoms in total. The number of carbonyl (C=O) groups is 1. The maximum atomic E-state index is 13.3. The number of carbonyl (C=O) groups excluding carboxylic acids is 1. The number of hydrogen-bond acceptors (Lipinski definition) is 5. The SMILES string of the molecule is COc1ccc(C(=O)NC(c2ccccc2)c2cc3ccccc3o2)cc1S(=O)(=O)NC(C)C. The second kappa shape index (κ2) is 9.70. The van der Waals surface area contributed by atoms with E-state index >= 15 is 0 Å². The Labute approximate surface area is 198 Å². The monoisotopic (exact) mass is 478 g/mol. The summed E-state index contributed by atoms with van der Waals surface area (Å²) < 4.78 is 39.5. The van der Waals surface area contributed by atoms with Crippen LogP contribution in [0.25, 0.3) is 11.0 Å². The maximum absolute atomic E-state index is 13.3. The van der Waals surface area contributed by atoms with Crippen molar-refractivity contribution in [1.29, 1.82) is 0 Å². The largest absolute Gasteiger partial charge is 0.495 e. The van der Waals surface area contributed by atoms with Gasteiger partial charge in [0, 0.05) is 17.0 Å². The zero-order valence-electron chi connectivity index (χ0n) is 19.1. The number of benzene rings is 3. The summed E-state index contributed by atoms with van der Waals surface area (Å²) in [7, 11) is -2.50. The number of ether oxygens (including phenoxy) is 1. The van der Waals surface area contributed by atoms with Crippen LogP contribution in [-0.2, 0) is 10.0 Å². The molecule has 0 radical (unpaired) electrons. The summed E-state index contributed by atoms with van der Waals surface area (Å²) in [5.41, 5.74) is 1.73. The molecule has 3 aromatic carbocycles. The minimum absolute atomic E-state index is 0.101. The number of methoxy groups -OCH3 is 1. The molecule has 8 heteroatoms. The smallest absolute Gasteiger partial charge is 0.252 e. The molecule has 1 heterocycles. The number of furan rings is 1. The normalized spacial score (nSPS) is 12.6. The topological polar surface area (TPSA) is 97.6 Å². The summed E-state index contributed by atoms with van der Waals surface area (Å²) in [5.74, 6) is 0.281. The number of sulfonamides is 1. The van der Waals surface area contributed by atoms with Gasteiger partial charge in [0.25, 0.3) is 5.91 Å². The predicted octanol–water partition coefficient (Wildman–Crippen LogP) is 4.65. The zero-order chi connectivity index (χ0) is 24.3. The van der Waals surface area contributed by atoms with Crippen molar-refractivity contribution in [3.63, 3.8) is 0 Å². The van der Waals surface area contributed by atoms with Gasteiger partial charge >= 0.3 is 0 Å². The molecule has 4 aromatic rings. The Kier molecular flexibility index (Phi) is 6.72. The lowest BCUT2D eigenvalue weighted by Gasteiger charge is -2.18. The highest BCUT2D eigenvalue weighted by Gasteiger charge is 2.25. The fourth-order valence-corrected chi connectivity index (χ4v) is 5.17. The van der Waals surface area contributed by atoms with E-state index in [9.17, 15) is 13.2 Å². The van der Waals surface area contributed by atoms with Crippen molar-refractivity contribution in [3.05, 3.63) is 95.7 Å². The molecule has 0 saturated carbocycles. The molecule has 0 saturated heterocycles. The quantitative estimate of drug-likeness (QED) is 0.384. The fraction of sp³-hybridized carbons (Fsp3) is 0.192. The molecule has 2 N–H and O–H groups in total. The van der Waals surface area contributed by atoms with Crippen molar-refractivity contribution in [2.75, 3.05) is 7.11 Å². The molecule has 1 atom stereocenters. The van der Waals surface area contributed by atoms with E-state index in [-0.39, 0.29) is 22.3 Å². The molecule has 0 spiro atoms. The summed E-state index contributed by atoms with van der Waals surface area (Å²) in [5, 5.41) is 3.92. The predicted molar refractivity (Wildman–Crippen MR) is 130 cm³/mol. The summed E-state index contributed by atoms with van der Waals surface area (Å²) >= 11 is 0. The van der Waals surface area contributed by atoms with Gasteiger partial charge in [0.05, 0.1) is 7.11 Å². The van der Waals surface area contributed by atoms with Crippen LogP contribution < -0.4 is 14.8 Å². The fourth-order valence-electron chi connectivity index (χ4n) is 3.73. The first-order chi connectivity index (χ1) is 16.3. The summed E-state index contributed by atoms with van der Waals surface area (Å²) in [4.78, 5) is 13.2. The van der Waals surface area contributed by atoms with E-state index in [0.29, 0.717) is 11.3 Å². The molecule has 1 aromatic heterocycles. The van der Waals surface area contributed by atoms with Crippen molar-refractivity contribution < 1.29 is 22.4 Å². The Morgan fingerprint density at radius 3 is 2.32 bits per heavy atom. The molecule has 0 bridgehead atoms. The van der Waals surface area contributed by atoms with Crippen LogP contribution >= 0.6 is 0 Å². The molecule has 0 aliphatic rings. The van der Waals surface area contributed by atoms with Crippen LogP contribution in [0.4, 0.5) is 0 Å². The number of hydrogen-bond donors (Lipinski definition) is 2. The van der Waals surface area contributed by atoms with Gasteiger partial charge in [0.2, 0.25) is 10.0 Å². The second-order valence-electron chi connectivity index (χ2n) is 8.15. The summed E-state index contributed by atoms with van der Waals surface area (Å²) in [6.07, 6.45) is 0. The Morgan fingerprint density at radius 2 is 1.65 bits per heavy atom. The van der Waals surface area contributed by atoms with E-state index in [2.05, 4.69) is 10.0 Å². The Bertz CT molecular complexity index is 1380. The minimum Gasteiger partial charge on any atom is -0.495 e. The number of fused-ring (bicyclic) bond motifs is 1. The van der Waals surface area contributed by atoms with E-state index < -0.39 is 22.0 Å². The van der Waals surface area contributed by atoms with Crippen molar-refractivity contribution in [2.24, 2.45) is 0 Å². The highest BCUT2D eigenvalue weighted by Crippen LogP contribution is 2.30. The van der Waals surface area contributed by atoms with Gasteiger partial charge in [-0.05, 0) is 49.7 Å². The van der Waals surface area contributed by atoms with E-state index in [1.807, 2.05) is 60.7 Å². The number of nitrogens with one attached hydrogen (secondary N) is 2. The molecule has 0 aliphatic carbocycles. The van der Waals surface area contributed by atoms with Gasteiger partial charge in [-0.3, -0.25) is 4.79 Å². The average molecular weight is 479 g/mol. The Balaban J connectivity index is 1.71. The molecule has 176 valence electrons. The van der Waals surface area contributed by atoms with Crippen LogP contribution in [0.1, 0.15) is 41.6 Å². The third kappa shape index (κ3) is 4.98. The van der Waals surface area contributed by atoms with Gasteiger partial charge in [0.15, 0.2) is 0 Å². The highest BCUT2D eigenvalue weighted by atomic mass is 32.2. The third-order valence-corrected chi connectivity index (χ3v) is 6.92. The zero-order valence-corrected chi connectivity index (χ0v) is 19.9. The lowest BCUT2D eigenvalue weighted by molar-refractivity contribution is 0.0939. The van der Waals surface area contributed by atoms with Crippen molar-refractivity contribution in [3.8, 4) is 5.75 Å². The van der Waals surface area contributed by atoms with Gasteiger partial charge < -0.3 is 14.5 Å². The van der Waals surface area contributed by atoms with Crippen molar-refractivity contribution in [2.45, 2.75) is 30.8 Å². The Morgan fingerprint density at radius 1 is 0.941 bits per heavy atom. The highest BCUT2D eigenvalue weighted by molar-refractivity contribution is 7.89. The van der Waals surface area contributed by atoms with Gasteiger partial charge in [0.1, 0.15) is 28.0 Å². The standard InChI is InChI=1S/C26H26N2O5S/c1-17(2)28-34(30,31)24-16-20(13-14-22(24)32-3)26(29)27-25(18-9-5-4-6-10-18)23-15-19-11-7-8-12-21(19)33-23/h4-17,25,28H,1-3H3,(H,27,29). The molecule has 0 aliphatic heterocycles. The lowest BCUT2D eigenvalue weighted by atomic mass is 10.0. The molecule has 1 amide bonds. The van der Waals surface area contributed by atoms with Crippen LogP contribution in [0, 0.1) is 0 Å². The first kappa shape index (κ1) is 23.5. The first-order valence-electron chi connectivity index (χ1n) is 10.8. The van der Waals surface area contributed by atoms with Crippen LogP contribution in [0.3, 0.4) is 0 Å². The van der Waals surface area contributed by atoms with Gasteiger partial charge in [-0.15, -0.1) is 0 Å². The third-order valence-electron chi connectivity index (χ3n) is 5.24. The van der Waals surface area contributed by atoms with E-state index in [1.165, 1.54) is 25.3 Å². The van der Waals surface area contributed by atoms with Crippen LogP contribution in [0.15, 0.2) is 88.2 Å². The van der Waals surface area contributed by atoms with Gasteiger partial charge in [-0.2, -0.15) is 0 Å². The number of para-hydroxylation sites is 1. The molecule has 34 heavy (non-hydrogen) atoms. The van der Waals surface area contributed by atoms with E-state index in [4.69, 9.17) is 9.15 Å². The van der Waals surface area contributed by atoms with E-state index in [0.717, 1.165) is 10.9 Å². The van der Waals surface area contributed by atoms with E-state index in [1.54, 1.807) is 13.8 Å². The molecule has 0 fully saturated rings. The lowest BCUT2D eigenvalue weighted by Crippen LogP contribution is -2.31. The second-order valence-corrected chi connectivity index (χ2v) is 9.83. The molecule has 4 rings (SSSR count). The van der Waals surface area contributed by atoms with Crippen LogP contribution in [0.5, 0.6) is 5.75 Å². The minimum atomic E-state index is -3.88. The van der Waals surface area contributed by atoms with Crippen molar-refractivity contribution in [1.82, 2.24) is 10.0 Å². The van der Waals surface area contributed by atoms with Crippen LogP contribution in [-0.4, -0.2) is 27.5 Å². The van der Waals surface area contributed by atoms with Crippen LogP contribution in [0.2, 0.25) is 0 Å². The number of amides is 1. The average Bonchev–Trinajstić information content (AvgIpc) is 3.25. The van der Waals surface area contributed by atoms with Crippen molar-refractivity contribution >= 4 is 26.9 Å². The van der Waals surface area contributed by atoms with Gasteiger partial charge in [-0.1, -0.05) is 48.5 Å². The summed E-state index contributed by atoms with van der Waals surface area (Å²) in [6.45, 7) is 3.44. The van der Waals surface area contributed by atoms with Gasteiger partial charge in [-0.25, -0.2) is 13.1 Å². The molecular weight excluding hydrogens is 452 g/mol.